The van der Waals surface area contributed by atoms with E-state index in [9.17, 15) is 4.79 Å². The van der Waals surface area contributed by atoms with Crippen molar-refractivity contribution in [3.8, 4) is 5.75 Å². The van der Waals surface area contributed by atoms with E-state index in [2.05, 4.69) is 5.32 Å². The maximum absolute atomic E-state index is 12.3. The lowest BCUT2D eigenvalue weighted by Crippen LogP contribution is -2.30. The summed E-state index contributed by atoms with van der Waals surface area (Å²) >= 11 is 12.1. The number of amides is 1. The van der Waals surface area contributed by atoms with Crippen LogP contribution in [0.2, 0.25) is 10.0 Å². The lowest BCUT2D eigenvalue weighted by molar-refractivity contribution is -0.122. The highest BCUT2D eigenvalue weighted by Gasteiger charge is 2.17. The number of benzene rings is 3. The molecule has 3 aromatic rings. The minimum atomic E-state index is -0.696. The van der Waals surface area contributed by atoms with Crippen LogP contribution in [-0.2, 0) is 4.79 Å². The van der Waals surface area contributed by atoms with Crippen LogP contribution in [0.4, 0.5) is 5.69 Å². The highest BCUT2D eigenvalue weighted by atomic mass is 35.5. The van der Waals surface area contributed by atoms with Gasteiger partial charge in [-0.15, -0.1) is 0 Å². The van der Waals surface area contributed by atoms with Crippen molar-refractivity contribution in [2.24, 2.45) is 0 Å². The summed E-state index contributed by atoms with van der Waals surface area (Å²) in [6.07, 6.45) is -0.696. The Labute approximate surface area is 150 Å². The van der Waals surface area contributed by atoms with E-state index >= 15 is 0 Å². The highest BCUT2D eigenvalue weighted by Crippen LogP contribution is 2.30. The molecular weight excluding hydrogens is 345 g/mol. The minimum Gasteiger partial charge on any atom is -0.481 e. The molecule has 0 fully saturated rings. The van der Waals surface area contributed by atoms with Gasteiger partial charge in [-0.1, -0.05) is 59.6 Å². The van der Waals surface area contributed by atoms with Crippen LogP contribution in [0.25, 0.3) is 10.8 Å². The Morgan fingerprint density at radius 2 is 1.62 bits per heavy atom. The van der Waals surface area contributed by atoms with E-state index in [1.54, 1.807) is 25.1 Å². The Kier molecular flexibility index (Phi) is 4.93. The second-order valence-corrected chi connectivity index (χ2v) is 6.17. The molecule has 122 valence electrons. The van der Waals surface area contributed by atoms with E-state index in [1.165, 1.54) is 0 Å². The fourth-order valence-corrected chi connectivity index (χ4v) is 2.83. The number of para-hydroxylation sites is 1. The molecule has 3 aromatic carbocycles. The smallest absolute Gasteiger partial charge is 0.265 e. The highest BCUT2D eigenvalue weighted by molar-refractivity contribution is 6.39. The number of ether oxygens (including phenoxy) is 1. The van der Waals surface area contributed by atoms with Gasteiger partial charge in [-0.05, 0) is 42.0 Å². The van der Waals surface area contributed by atoms with E-state index in [1.807, 2.05) is 42.5 Å². The van der Waals surface area contributed by atoms with E-state index < -0.39 is 6.10 Å². The Morgan fingerprint density at radius 3 is 2.33 bits per heavy atom. The SMILES string of the molecule is C[C@@H](Oc1ccc2ccccc2c1)C(=O)Nc1c(Cl)cccc1Cl. The summed E-state index contributed by atoms with van der Waals surface area (Å²) in [7, 11) is 0. The molecule has 0 aliphatic heterocycles. The second kappa shape index (κ2) is 7.12. The molecule has 0 saturated heterocycles. The fraction of sp³-hybridized carbons (Fsp3) is 0.105. The van der Waals surface area contributed by atoms with Crippen molar-refractivity contribution in [3.05, 3.63) is 70.7 Å². The van der Waals surface area contributed by atoms with Gasteiger partial charge in [-0.25, -0.2) is 0 Å². The van der Waals surface area contributed by atoms with Gasteiger partial charge in [0.2, 0.25) is 0 Å². The van der Waals surface area contributed by atoms with Crippen LogP contribution in [-0.4, -0.2) is 12.0 Å². The van der Waals surface area contributed by atoms with Crippen LogP contribution in [0.3, 0.4) is 0 Å². The summed E-state index contributed by atoms with van der Waals surface area (Å²) in [5, 5.41) is 5.64. The number of carbonyl (C=O) groups excluding carboxylic acids is 1. The number of carbonyl (C=O) groups is 1. The summed E-state index contributed by atoms with van der Waals surface area (Å²) in [5.74, 6) is 0.305. The van der Waals surface area contributed by atoms with Gasteiger partial charge in [0.25, 0.3) is 5.91 Å². The Hall–Kier alpha value is -2.23. The predicted octanol–water partition coefficient (Wildman–Crippen LogP) is 5.55. The van der Waals surface area contributed by atoms with Crippen LogP contribution in [0.15, 0.2) is 60.7 Å². The molecule has 0 aliphatic carbocycles. The molecule has 1 N–H and O–H groups in total. The Balaban J connectivity index is 1.73. The monoisotopic (exact) mass is 359 g/mol. The van der Waals surface area contributed by atoms with Gasteiger partial charge < -0.3 is 10.1 Å². The number of anilines is 1. The van der Waals surface area contributed by atoms with E-state index in [0.717, 1.165) is 10.8 Å². The van der Waals surface area contributed by atoms with Crippen molar-refractivity contribution in [2.75, 3.05) is 5.32 Å². The first-order valence-electron chi connectivity index (χ1n) is 7.45. The molecule has 3 rings (SSSR count). The summed E-state index contributed by atoms with van der Waals surface area (Å²) < 4.78 is 5.74. The molecule has 5 heteroatoms. The van der Waals surface area contributed by atoms with Crippen molar-refractivity contribution >= 4 is 45.6 Å². The summed E-state index contributed by atoms with van der Waals surface area (Å²) in [6, 6.07) is 18.7. The van der Waals surface area contributed by atoms with Gasteiger partial charge in [0.1, 0.15) is 5.75 Å². The number of hydrogen-bond acceptors (Lipinski definition) is 2. The number of fused-ring (bicyclic) bond motifs is 1. The maximum atomic E-state index is 12.3. The second-order valence-electron chi connectivity index (χ2n) is 5.35. The lowest BCUT2D eigenvalue weighted by atomic mass is 10.1. The standard InChI is InChI=1S/C19H15Cl2NO2/c1-12(19(23)22-18-16(20)7-4-8-17(18)21)24-15-10-9-13-5-2-3-6-14(13)11-15/h2-12H,1H3,(H,22,23)/t12-/m1/s1. The molecule has 0 heterocycles. The molecular formula is C19H15Cl2NO2. The number of hydrogen-bond donors (Lipinski definition) is 1. The first-order valence-corrected chi connectivity index (χ1v) is 8.20. The summed E-state index contributed by atoms with van der Waals surface area (Å²) in [5.41, 5.74) is 0.389. The molecule has 3 nitrogen and oxygen atoms in total. The van der Waals surface area contributed by atoms with Crippen LogP contribution in [0, 0.1) is 0 Å². The molecule has 24 heavy (non-hydrogen) atoms. The molecule has 0 aromatic heterocycles. The zero-order valence-corrected chi connectivity index (χ0v) is 14.4. The molecule has 0 spiro atoms. The van der Waals surface area contributed by atoms with Crippen molar-refractivity contribution < 1.29 is 9.53 Å². The summed E-state index contributed by atoms with van der Waals surface area (Å²) in [6.45, 7) is 1.68. The zero-order valence-electron chi connectivity index (χ0n) is 12.9. The quantitative estimate of drug-likeness (QED) is 0.662. The van der Waals surface area contributed by atoms with Crippen LogP contribution >= 0.6 is 23.2 Å². The lowest BCUT2D eigenvalue weighted by Gasteiger charge is -2.16. The minimum absolute atomic E-state index is 0.321. The first kappa shape index (κ1) is 16.6. The van der Waals surface area contributed by atoms with Crippen LogP contribution in [0.1, 0.15) is 6.92 Å². The molecule has 0 radical (unpaired) electrons. The molecule has 0 aliphatic rings. The topological polar surface area (TPSA) is 38.3 Å². The van der Waals surface area contributed by atoms with Crippen molar-refractivity contribution in [2.45, 2.75) is 13.0 Å². The number of nitrogens with one attached hydrogen (secondary N) is 1. The number of rotatable bonds is 4. The molecule has 0 unspecified atom stereocenters. The third-order valence-corrected chi connectivity index (χ3v) is 4.24. The molecule has 1 amide bonds. The van der Waals surface area contributed by atoms with Crippen LogP contribution < -0.4 is 10.1 Å². The average molecular weight is 360 g/mol. The molecule has 1 atom stereocenters. The van der Waals surface area contributed by atoms with E-state index in [-0.39, 0.29) is 5.91 Å². The van der Waals surface area contributed by atoms with Crippen molar-refractivity contribution in [1.82, 2.24) is 0 Å². The Morgan fingerprint density at radius 1 is 0.958 bits per heavy atom. The zero-order chi connectivity index (χ0) is 17.1. The van der Waals surface area contributed by atoms with Gasteiger partial charge in [-0.2, -0.15) is 0 Å². The third kappa shape index (κ3) is 3.64. The van der Waals surface area contributed by atoms with Gasteiger partial charge in [0.15, 0.2) is 6.10 Å². The number of halogens is 2. The van der Waals surface area contributed by atoms with E-state index in [0.29, 0.717) is 21.5 Å². The largest absolute Gasteiger partial charge is 0.481 e. The summed E-state index contributed by atoms with van der Waals surface area (Å²) in [4.78, 5) is 12.3. The van der Waals surface area contributed by atoms with Gasteiger partial charge in [-0.3, -0.25) is 4.79 Å². The fourth-order valence-electron chi connectivity index (χ4n) is 2.34. The van der Waals surface area contributed by atoms with Crippen molar-refractivity contribution in [3.63, 3.8) is 0 Å². The Bertz CT molecular complexity index is 875. The average Bonchev–Trinajstić information content (AvgIpc) is 2.58. The normalized spacial score (nSPS) is 12.0. The van der Waals surface area contributed by atoms with Gasteiger partial charge in [0, 0.05) is 0 Å². The third-order valence-electron chi connectivity index (χ3n) is 3.61. The molecule has 0 saturated carbocycles. The van der Waals surface area contributed by atoms with E-state index in [4.69, 9.17) is 27.9 Å². The van der Waals surface area contributed by atoms with Gasteiger partial charge >= 0.3 is 0 Å². The molecule has 0 bridgehead atoms. The predicted molar refractivity (Wildman–Crippen MR) is 99.1 cm³/mol. The van der Waals surface area contributed by atoms with Crippen molar-refractivity contribution in [1.29, 1.82) is 0 Å². The first-order chi connectivity index (χ1) is 11.5. The maximum Gasteiger partial charge on any atom is 0.265 e. The van der Waals surface area contributed by atoms with Crippen LogP contribution in [0.5, 0.6) is 5.75 Å². The van der Waals surface area contributed by atoms with Gasteiger partial charge in [0.05, 0.1) is 15.7 Å².